The highest BCUT2D eigenvalue weighted by molar-refractivity contribution is 8.02. The van der Waals surface area contributed by atoms with Gasteiger partial charge in [-0.1, -0.05) is 95.9 Å². The zero-order valence-electron chi connectivity index (χ0n) is 31.2. The maximum atomic E-state index is 5.61. The van der Waals surface area contributed by atoms with Gasteiger partial charge < -0.3 is 8.85 Å². The standard InChI is InChI=1S/C34H74N4O2SSi2/c1-15-35(16-2)31(36(17-3)18-4)33(29(9)10,25-23-27-42-39-13)41-34(30(11)12,26-24-28-43-40-14)32(37(19-5)20-6)38(21-7)22-8/h29-32H,15-28H2,1-14H3. The van der Waals surface area contributed by atoms with Crippen LogP contribution < -0.4 is 0 Å². The Kier molecular flexibility index (Phi) is 24.1. The molecule has 0 bridgehead atoms. The van der Waals surface area contributed by atoms with Gasteiger partial charge in [-0.25, -0.2) is 0 Å². The summed E-state index contributed by atoms with van der Waals surface area (Å²) in [6.45, 7) is 37.7. The van der Waals surface area contributed by atoms with Crippen molar-refractivity contribution in [2.24, 2.45) is 11.8 Å². The van der Waals surface area contributed by atoms with Gasteiger partial charge in [0.25, 0.3) is 0 Å². The minimum Gasteiger partial charge on any atom is -0.421 e. The third-order valence-electron chi connectivity index (χ3n) is 9.82. The van der Waals surface area contributed by atoms with Crippen LogP contribution >= 0.6 is 11.8 Å². The highest BCUT2D eigenvalue weighted by Gasteiger charge is 2.56. The first-order valence-corrected chi connectivity index (χ1v) is 20.8. The first-order chi connectivity index (χ1) is 20.5. The van der Waals surface area contributed by atoms with E-state index in [1.165, 1.54) is 25.7 Å². The Balaban J connectivity index is 7.80. The van der Waals surface area contributed by atoms with E-state index in [0.29, 0.717) is 43.7 Å². The lowest BCUT2D eigenvalue weighted by Gasteiger charge is -2.60. The molecule has 256 valence electrons. The number of nitrogens with zero attached hydrogens (tertiary/aromatic N) is 4. The van der Waals surface area contributed by atoms with Gasteiger partial charge in [-0.15, -0.1) is 11.8 Å². The van der Waals surface area contributed by atoms with E-state index < -0.39 is 0 Å². The van der Waals surface area contributed by atoms with Crippen molar-refractivity contribution in [1.82, 2.24) is 19.6 Å². The molecule has 0 fully saturated rings. The highest BCUT2D eigenvalue weighted by Crippen LogP contribution is 2.56. The summed E-state index contributed by atoms with van der Waals surface area (Å²) in [5, 5.41) is 0. The summed E-state index contributed by atoms with van der Waals surface area (Å²) in [6, 6.07) is 2.29. The quantitative estimate of drug-likeness (QED) is 0.0490. The molecule has 2 atom stereocenters. The van der Waals surface area contributed by atoms with Crippen LogP contribution in [0.4, 0.5) is 0 Å². The van der Waals surface area contributed by atoms with E-state index >= 15 is 0 Å². The van der Waals surface area contributed by atoms with Crippen molar-refractivity contribution < 1.29 is 8.85 Å². The molecule has 0 amide bonds. The number of thioether (sulfide) groups is 1. The molecule has 9 heteroatoms. The van der Waals surface area contributed by atoms with E-state index in [4.69, 9.17) is 8.85 Å². The van der Waals surface area contributed by atoms with E-state index in [2.05, 4.69) is 114 Å². The topological polar surface area (TPSA) is 31.4 Å². The summed E-state index contributed by atoms with van der Waals surface area (Å²) >= 11 is 2.43. The van der Waals surface area contributed by atoms with Crippen LogP contribution in [0.1, 0.15) is 109 Å². The van der Waals surface area contributed by atoms with Gasteiger partial charge in [-0.05, 0) is 89.1 Å². The molecule has 0 rings (SSSR count). The molecule has 0 N–H and O–H groups in total. The van der Waals surface area contributed by atoms with Crippen LogP contribution in [-0.4, -0.2) is 128 Å². The van der Waals surface area contributed by atoms with Crippen molar-refractivity contribution >= 4 is 31.3 Å². The molecular formula is C34H74N4O2SSi2. The molecule has 0 aromatic rings. The van der Waals surface area contributed by atoms with Crippen LogP contribution in [0.2, 0.25) is 12.1 Å². The molecule has 43 heavy (non-hydrogen) atoms. The van der Waals surface area contributed by atoms with Gasteiger partial charge in [0.1, 0.15) is 0 Å². The Morgan fingerprint density at radius 1 is 0.512 bits per heavy atom. The van der Waals surface area contributed by atoms with Crippen molar-refractivity contribution in [3.8, 4) is 0 Å². The van der Waals surface area contributed by atoms with Crippen molar-refractivity contribution in [3.05, 3.63) is 0 Å². The van der Waals surface area contributed by atoms with Crippen LogP contribution in [0.25, 0.3) is 0 Å². The second-order valence-corrected chi connectivity index (χ2v) is 16.5. The molecule has 0 aliphatic heterocycles. The molecule has 0 spiro atoms. The van der Waals surface area contributed by atoms with E-state index in [1.807, 2.05) is 14.2 Å². The molecule has 0 saturated carbocycles. The first-order valence-electron chi connectivity index (χ1n) is 17.7. The molecule has 0 heterocycles. The molecule has 2 unspecified atom stereocenters. The zero-order chi connectivity index (χ0) is 33.1. The zero-order valence-corrected chi connectivity index (χ0v) is 34.0. The summed E-state index contributed by atoms with van der Waals surface area (Å²) < 4.78 is 11.3. The average molecular weight is 659 g/mol. The van der Waals surface area contributed by atoms with Crippen LogP contribution in [0.15, 0.2) is 0 Å². The first kappa shape index (κ1) is 43.5. The van der Waals surface area contributed by atoms with Gasteiger partial charge >= 0.3 is 0 Å². The Morgan fingerprint density at radius 2 is 0.767 bits per heavy atom. The number of hydrogen-bond donors (Lipinski definition) is 0. The van der Waals surface area contributed by atoms with E-state index in [0.717, 1.165) is 64.4 Å². The van der Waals surface area contributed by atoms with Crippen LogP contribution in [0, 0.1) is 11.8 Å². The summed E-state index contributed by atoms with van der Waals surface area (Å²) in [7, 11) is 4.89. The second-order valence-electron chi connectivity index (χ2n) is 12.4. The minimum atomic E-state index is 0.0582. The van der Waals surface area contributed by atoms with Gasteiger partial charge in [0.05, 0.1) is 12.3 Å². The molecule has 0 aromatic carbocycles. The van der Waals surface area contributed by atoms with Crippen molar-refractivity contribution in [3.63, 3.8) is 0 Å². The summed E-state index contributed by atoms with van der Waals surface area (Å²) in [4.78, 5) is 11.2. The fraction of sp³-hybridized carbons (Fsp3) is 1.00. The molecule has 0 aliphatic carbocycles. The highest BCUT2D eigenvalue weighted by atomic mass is 32.2. The normalized spacial score (nSPS) is 15.8. The van der Waals surface area contributed by atoms with Crippen LogP contribution in [-0.2, 0) is 8.85 Å². The summed E-state index contributed by atoms with van der Waals surface area (Å²) in [5.41, 5.74) is 0. The predicted molar refractivity (Wildman–Crippen MR) is 196 cm³/mol. The minimum absolute atomic E-state index is 0.0582. The molecule has 0 aromatic heterocycles. The number of hydrogen-bond acceptors (Lipinski definition) is 7. The molecule has 0 aliphatic rings. The van der Waals surface area contributed by atoms with E-state index in [1.54, 1.807) is 0 Å². The van der Waals surface area contributed by atoms with Gasteiger partial charge in [-0.3, -0.25) is 19.6 Å². The van der Waals surface area contributed by atoms with Crippen LogP contribution in [0.3, 0.4) is 0 Å². The Hall–Kier alpha value is 0.544. The van der Waals surface area contributed by atoms with Crippen molar-refractivity contribution in [1.29, 1.82) is 0 Å². The van der Waals surface area contributed by atoms with E-state index in [9.17, 15) is 0 Å². The maximum Gasteiger partial charge on any atom is 0.229 e. The second kappa shape index (κ2) is 23.8. The third-order valence-corrected chi connectivity index (χ3v) is 14.0. The fourth-order valence-electron chi connectivity index (χ4n) is 7.28. The molecular weight excluding hydrogens is 585 g/mol. The predicted octanol–water partition coefficient (Wildman–Crippen LogP) is 7.46. The van der Waals surface area contributed by atoms with Gasteiger partial charge in [0.2, 0.25) is 19.5 Å². The molecule has 0 saturated heterocycles. The monoisotopic (exact) mass is 659 g/mol. The summed E-state index contributed by atoms with van der Waals surface area (Å²) in [5.74, 6) is 1.03. The summed E-state index contributed by atoms with van der Waals surface area (Å²) in [6.07, 6.45) is 5.58. The van der Waals surface area contributed by atoms with E-state index in [-0.39, 0.29) is 9.49 Å². The third kappa shape index (κ3) is 11.9. The van der Waals surface area contributed by atoms with Gasteiger partial charge in [-0.2, -0.15) is 0 Å². The average Bonchev–Trinajstić information content (AvgIpc) is 3.00. The SMILES string of the molecule is CCN(CC)C(N(CC)CC)C(CCC[Si]OC)(SC(CCC[Si]OC)(C(C)C)C(N(CC)CC)N(CC)CC)C(C)C. The van der Waals surface area contributed by atoms with Crippen molar-refractivity contribution in [2.45, 2.75) is 143 Å². The largest absolute Gasteiger partial charge is 0.421 e. The lowest BCUT2D eigenvalue weighted by atomic mass is 9.84. The molecule has 6 nitrogen and oxygen atoms in total. The lowest BCUT2D eigenvalue weighted by Crippen LogP contribution is -2.68. The Labute approximate surface area is 280 Å². The molecule has 4 radical (unpaired) electrons. The Morgan fingerprint density at radius 3 is 0.953 bits per heavy atom. The van der Waals surface area contributed by atoms with Crippen molar-refractivity contribution in [2.75, 3.05) is 66.6 Å². The lowest BCUT2D eigenvalue weighted by molar-refractivity contribution is -0.00377. The smallest absolute Gasteiger partial charge is 0.229 e. The van der Waals surface area contributed by atoms with Crippen LogP contribution in [0.5, 0.6) is 0 Å². The van der Waals surface area contributed by atoms with Gasteiger partial charge in [0.15, 0.2) is 0 Å². The Bertz CT molecular complexity index is 586. The fourth-order valence-corrected chi connectivity index (χ4v) is 10.8. The van der Waals surface area contributed by atoms with Gasteiger partial charge in [0, 0.05) is 23.7 Å². The number of rotatable bonds is 28. The maximum absolute atomic E-state index is 5.61.